The molecule has 0 unspecified atom stereocenters. The first-order valence-electron chi connectivity index (χ1n) is 7.40. The van der Waals surface area contributed by atoms with E-state index in [1.165, 1.54) is 12.1 Å². The molecule has 2 aromatic rings. The number of nitrogens with one attached hydrogen (secondary N) is 2. The van der Waals surface area contributed by atoms with Crippen LogP contribution in [0.15, 0.2) is 58.3 Å². The fourth-order valence-corrected chi connectivity index (χ4v) is 3.37. The highest BCUT2D eigenvalue weighted by atomic mass is 32.2. The predicted octanol–water partition coefficient (Wildman–Crippen LogP) is 3.30. The molecule has 0 spiro atoms. The highest BCUT2D eigenvalue weighted by molar-refractivity contribution is 7.91. The van der Waals surface area contributed by atoms with E-state index in [4.69, 9.17) is 0 Å². The Morgan fingerprint density at radius 3 is 1.83 bits per heavy atom. The van der Waals surface area contributed by atoms with E-state index in [0.717, 1.165) is 12.1 Å². The van der Waals surface area contributed by atoms with Crippen molar-refractivity contribution in [3.63, 3.8) is 0 Å². The molecule has 2 aromatic carbocycles. The van der Waals surface area contributed by atoms with Gasteiger partial charge in [-0.15, -0.1) is 0 Å². The first kappa shape index (κ1) is 17.0. The fraction of sp³-hybridized carbons (Fsp3) is 0.235. The molecular weight excluding hydrogens is 312 g/mol. The summed E-state index contributed by atoms with van der Waals surface area (Å²) in [6, 6.07) is 12.8. The van der Waals surface area contributed by atoms with Crippen LogP contribution in [0.25, 0.3) is 0 Å². The van der Waals surface area contributed by atoms with E-state index in [9.17, 15) is 13.2 Å². The lowest BCUT2D eigenvalue weighted by molar-refractivity contribution is -0.116. The van der Waals surface area contributed by atoms with Crippen LogP contribution in [-0.4, -0.2) is 21.4 Å². The molecule has 1 amide bonds. The van der Waals surface area contributed by atoms with Gasteiger partial charge in [0.2, 0.25) is 15.7 Å². The van der Waals surface area contributed by atoms with Crippen molar-refractivity contribution in [2.45, 2.75) is 29.6 Å². The zero-order valence-corrected chi connectivity index (χ0v) is 14.0. The summed E-state index contributed by atoms with van der Waals surface area (Å²) in [4.78, 5) is 12.0. The second kappa shape index (κ2) is 7.28. The van der Waals surface area contributed by atoms with Gasteiger partial charge in [-0.3, -0.25) is 4.79 Å². The quantitative estimate of drug-likeness (QED) is 0.851. The molecule has 0 radical (unpaired) electrons. The van der Waals surface area contributed by atoms with Crippen LogP contribution >= 0.6 is 0 Å². The van der Waals surface area contributed by atoms with Crippen LogP contribution in [0.4, 0.5) is 11.4 Å². The van der Waals surface area contributed by atoms with Gasteiger partial charge in [0.1, 0.15) is 0 Å². The van der Waals surface area contributed by atoms with Crippen molar-refractivity contribution in [2.75, 3.05) is 17.7 Å². The minimum atomic E-state index is -3.56. The largest absolute Gasteiger partial charge is 0.388 e. The average Bonchev–Trinajstić information content (AvgIpc) is 2.55. The molecule has 0 aromatic heterocycles. The van der Waals surface area contributed by atoms with Crippen LogP contribution in [-0.2, 0) is 14.6 Å². The summed E-state index contributed by atoms with van der Waals surface area (Å²) in [5, 5.41) is 5.68. The summed E-state index contributed by atoms with van der Waals surface area (Å²) in [7, 11) is -1.79. The number of anilines is 2. The van der Waals surface area contributed by atoms with Crippen molar-refractivity contribution in [1.29, 1.82) is 0 Å². The van der Waals surface area contributed by atoms with Crippen molar-refractivity contribution in [3.8, 4) is 0 Å². The van der Waals surface area contributed by atoms with Gasteiger partial charge in [-0.1, -0.05) is 6.92 Å². The Balaban J connectivity index is 2.21. The number of sulfone groups is 1. The lowest BCUT2D eigenvalue weighted by Crippen LogP contribution is -2.10. The number of hydrogen-bond donors (Lipinski definition) is 2. The Hall–Kier alpha value is -2.34. The highest BCUT2D eigenvalue weighted by Crippen LogP contribution is 2.23. The van der Waals surface area contributed by atoms with Crippen LogP contribution < -0.4 is 10.6 Å². The number of hydrogen-bond acceptors (Lipinski definition) is 4. The van der Waals surface area contributed by atoms with Crippen LogP contribution in [0.5, 0.6) is 0 Å². The third-order valence-corrected chi connectivity index (χ3v) is 5.16. The molecule has 6 heteroatoms. The molecule has 122 valence electrons. The topological polar surface area (TPSA) is 75.3 Å². The molecule has 0 heterocycles. The first-order valence-corrected chi connectivity index (χ1v) is 8.88. The lowest BCUT2D eigenvalue weighted by Gasteiger charge is -2.08. The van der Waals surface area contributed by atoms with Crippen molar-refractivity contribution in [3.05, 3.63) is 48.5 Å². The van der Waals surface area contributed by atoms with Crippen molar-refractivity contribution >= 4 is 27.1 Å². The van der Waals surface area contributed by atoms with E-state index in [1.54, 1.807) is 43.4 Å². The Kier molecular flexibility index (Phi) is 5.39. The maximum atomic E-state index is 12.6. The van der Waals surface area contributed by atoms with Gasteiger partial charge in [0.05, 0.1) is 9.79 Å². The zero-order chi connectivity index (χ0) is 16.9. The molecule has 0 fully saturated rings. The Morgan fingerprint density at radius 1 is 0.913 bits per heavy atom. The van der Waals surface area contributed by atoms with Crippen LogP contribution in [0.2, 0.25) is 0 Å². The van der Waals surface area contributed by atoms with E-state index in [0.29, 0.717) is 12.1 Å². The molecule has 0 aliphatic heterocycles. The van der Waals surface area contributed by atoms with Gasteiger partial charge in [-0.05, 0) is 55.0 Å². The minimum absolute atomic E-state index is 0.0780. The maximum Gasteiger partial charge on any atom is 0.224 e. The third-order valence-electron chi connectivity index (χ3n) is 3.38. The summed E-state index contributed by atoms with van der Waals surface area (Å²) in [5.74, 6) is -0.0780. The molecule has 2 N–H and O–H groups in total. The van der Waals surface area contributed by atoms with Crippen LogP contribution in [0, 0.1) is 0 Å². The van der Waals surface area contributed by atoms with Crippen LogP contribution in [0.1, 0.15) is 19.8 Å². The smallest absolute Gasteiger partial charge is 0.224 e. The van der Waals surface area contributed by atoms with Gasteiger partial charge in [0, 0.05) is 24.8 Å². The summed E-state index contributed by atoms with van der Waals surface area (Å²) in [6.07, 6.45) is 1.21. The number of carbonyl (C=O) groups is 1. The monoisotopic (exact) mass is 332 g/mol. The molecule has 0 saturated carbocycles. The van der Waals surface area contributed by atoms with Gasteiger partial charge in [0.15, 0.2) is 0 Å². The molecule has 2 rings (SSSR count). The third kappa shape index (κ3) is 4.10. The minimum Gasteiger partial charge on any atom is -0.388 e. The van der Waals surface area contributed by atoms with E-state index in [2.05, 4.69) is 10.6 Å². The zero-order valence-electron chi connectivity index (χ0n) is 13.2. The van der Waals surface area contributed by atoms with Gasteiger partial charge in [-0.2, -0.15) is 0 Å². The standard InChI is InChI=1S/C17H20N2O3S/c1-3-4-17(20)19-14-7-11-16(12-8-14)23(21,22)15-9-5-13(18-2)6-10-15/h5-12,18H,3-4H2,1-2H3,(H,19,20). The Labute approximate surface area is 136 Å². The summed E-state index contributed by atoms with van der Waals surface area (Å²) in [5.41, 5.74) is 1.44. The van der Waals surface area contributed by atoms with Gasteiger partial charge in [-0.25, -0.2) is 8.42 Å². The van der Waals surface area contributed by atoms with Crippen molar-refractivity contribution in [1.82, 2.24) is 0 Å². The second-order valence-corrected chi connectivity index (χ2v) is 7.05. The van der Waals surface area contributed by atoms with E-state index in [-0.39, 0.29) is 15.7 Å². The second-order valence-electron chi connectivity index (χ2n) is 5.10. The number of carbonyl (C=O) groups excluding carboxylic acids is 1. The van der Waals surface area contributed by atoms with E-state index in [1.807, 2.05) is 6.92 Å². The van der Waals surface area contributed by atoms with Gasteiger partial charge < -0.3 is 10.6 Å². The van der Waals surface area contributed by atoms with Gasteiger partial charge >= 0.3 is 0 Å². The molecule has 23 heavy (non-hydrogen) atoms. The molecule has 0 aliphatic rings. The predicted molar refractivity (Wildman–Crippen MR) is 91.4 cm³/mol. The molecule has 0 aliphatic carbocycles. The summed E-state index contributed by atoms with van der Waals surface area (Å²) < 4.78 is 25.1. The van der Waals surface area contributed by atoms with Crippen LogP contribution in [0.3, 0.4) is 0 Å². The molecule has 5 nitrogen and oxygen atoms in total. The Morgan fingerprint density at radius 2 is 1.39 bits per heavy atom. The number of benzene rings is 2. The maximum absolute atomic E-state index is 12.6. The summed E-state index contributed by atoms with van der Waals surface area (Å²) >= 11 is 0. The fourth-order valence-electron chi connectivity index (χ4n) is 2.10. The van der Waals surface area contributed by atoms with E-state index < -0.39 is 9.84 Å². The first-order chi connectivity index (χ1) is 11.0. The molecule has 0 atom stereocenters. The Bertz CT molecular complexity index is 766. The van der Waals surface area contributed by atoms with Crippen molar-refractivity contribution < 1.29 is 13.2 Å². The van der Waals surface area contributed by atoms with E-state index >= 15 is 0 Å². The normalized spacial score (nSPS) is 11.0. The molecule has 0 saturated heterocycles. The number of amides is 1. The lowest BCUT2D eigenvalue weighted by atomic mass is 10.3. The molecule has 0 bridgehead atoms. The number of rotatable bonds is 6. The molecular formula is C17H20N2O3S. The van der Waals surface area contributed by atoms with Crippen molar-refractivity contribution in [2.24, 2.45) is 0 Å². The highest BCUT2D eigenvalue weighted by Gasteiger charge is 2.17. The van der Waals surface area contributed by atoms with Gasteiger partial charge in [0.25, 0.3) is 0 Å². The average molecular weight is 332 g/mol. The summed E-state index contributed by atoms with van der Waals surface area (Å²) in [6.45, 7) is 1.93. The SMILES string of the molecule is CCCC(=O)Nc1ccc(S(=O)(=O)c2ccc(NC)cc2)cc1.